The zero-order chi connectivity index (χ0) is 9.14. The van der Waals surface area contributed by atoms with Crippen LogP contribution in [-0.2, 0) is 14.4 Å². The van der Waals surface area contributed by atoms with Gasteiger partial charge in [0.05, 0.1) is 13.2 Å². The summed E-state index contributed by atoms with van der Waals surface area (Å²) in [6.45, 7) is 4.69. The second kappa shape index (κ2) is 3.87. The topological polar surface area (TPSA) is 38.8 Å². The second-order valence-corrected chi connectivity index (χ2v) is 3.12. The first-order valence-electron chi connectivity index (χ1n) is 4.16. The van der Waals surface area contributed by atoms with Crippen LogP contribution in [0.5, 0.6) is 0 Å². The summed E-state index contributed by atoms with van der Waals surface area (Å²) < 4.78 is 4.61. The van der Waals surface area contributed by atoms with Crippen molar-refractivity contribution in [2.45, 2.75) is 32.4 Å². The molecule has 1 aliphatic rings. The van der Waals surface area contributed by atoms with Gasteiger partial charge < -0.3 is 4.74 Å². The Balaban J connectivity index is 2.33. The van der Waals surface area contributed by atoms with Gasteiger partial charge >= 0.3 is 5.97 Å². The SMILES string of the molecule is COC(=O)C1CCN1OC(C)C. The van der Waals surface area contributed by atoms with E-state index in [4.69, 9.17) is 4.84 Å². The van der Waals surface area contributed by atoms with Gasteiger partial charge in [-0.1, -0.05) is 0 Å². The Hall–Kier alpha value is -0.610. The maximum atomic E-state index is 11.0. The van der Waals surface area contributed by atoms with Crippen molar-refractivity contribution in [2.24, 2.45) is 0 Å². The highest BCUT2D eigenvalue weighted by Crippen LogP contribution is 2.19. The Morgan fingerprint density at radius 3 is 2.58 bits per heavy atom. The smallest absolute Gasteiger partial charge is 0.325 e. The van der Waals surface area contributed by atoms with E-state index in [1.165, 1.54) is 7.11 Å². The maximum absolute atomic E-state index is 11.0. The van der Waals surface area contributed by atoms with E-state index in [-0.39, 0.29) is 18.1 Å². The molecule has 70 valence electrons. The van der Waals surface area contributed by atoms with Crippen molar-refractivity contribution >= 4 is 5.97 Å². The number of hydrogen-bond acceptors (Lipinski definition) is 4. The molecule has 1 atom stereocenters. The van der Waals surface area contributed by atoms with Gasteiger partial charge in [-0.3, -0.25) is 9.63 Å². The van der Waals surface area contributed by atoms with Crippen LogP contribution in [0.15, 0.2) is 0 Å². The van der Waals surface area contributed by atoms with Crippen LogP contribution in [0.2, 0.25) is 0 Å². The summed E-state index contributed by atoms with van der Waals surface area (Å²) in [7, 11) is 1.40. The van der Waals surface area contributed by atoms with E-state index in [9.17, 15) is 4.79 Å². The first kappa shape index (κ1) is 9.48. The van der Waals surface area contributed by atoms with Crippen LogP contribution in [-0.4, -0.2) is 36.8 Å². The van der Waals surface area contributed by atoms with Crippen LogP contribution in [0, 0.1) is 0 Å². The third kappa shape index (κ3) is 1.95. The summed E-state index contributed by atoms with van der Waals surface area (Å²) in [5.74, 6) is -0.207. The molecule has 0 aromatic heterocycles. The molecular formula is C8H15NO3. The lowest BCUT2D eigenvalue weighted by Crippen LogP contribution is -2.53. The van der Waals surface area contributed by atoms with Crippen molar-refractivity contribution in [3.63, 3.8) is 0 Å². The summed E-state index contributed by atoms with van der Waals surface area (Å²) in [5, 5.41) is 1.68. The van der Waals surface area contributed by atoms with E-state index in [0.29, 0.717) is 0 Å². The van der Waals surface area contributed by atoms with Crippen LogP contribution in [0.4, 0.5) is 0 Å². The molecule has 0 bridgehead atoms. The molecular weight excluding hydrogens is 158 g/mol. The Bertz CT molecular complexity index is 170. The lowest BCUT2D eigenvalue weighted by molar-refractivity contribution is -0.254. The summed E-state index contributed by atoms with van der Waals surface area (Å²) in [6.07, 6.45) is 0.955. The minimum absolute atomic E-state index is 0.123. The largest absolute Gasteiger partial charge is 0.468 e. The monoisotopic (exact) mass is 173 g/mol. The second-order valence-electron chi connectivity index (χ2n) is 3.12. The molecule has 1 fully saturated rings. The van der Waals surface area contributed by atoms with E-state index < -0.39 is 0 Å². The van der Waals surface area contributed by atoms with Gasteiger partial charge in [0.15, 0.2) is 0 Å². The van der Waals surface area contributed by atoms with E-state index in [1.807, 2.05) is 13.8 Å². The fraction of sp³-hybridized carbons (Fsp3) is 0.875. The van der Waals surface area contributed by atoms with Crippen LogP contribution in [0.25, 0.3) is 0 Å². The minimum Gasteiger partial charge on any atom is -0.468 e. The number of hydrogen-bond donors (Lipinski definition) is 0. The summed E-state index contributed by atoms with van der Waals surface area (Å²) in [4.78, 5) is 16.4. The summed E-state index contributed by atoms with van der Waals surface area (Å²) in [5.41, 5.74) is 0. The molecule has 0 radical (unpaired) electrons. The van der Waals surface area contributed by atoms with Gasteiger partial charge in [0.1, 0.15) is 6.04 Å². The van der Waals surface area contributed by atoms with E-state index in [2.05, 4.69) is 4.74 Å². The molecule has 4 nitrogen and oxygen atoms in total. The molecule has 0 aliphatic carbocycles. The molecule has 1 saturated heterocycles. The van der Waals surface area contributed by atoms with E-state index in [1.54, 1.807) is 5.06 Å². The molecule has 12 heavy (non-hydrogen) atoms. The first-order chi connectivity index (χ1) is 5.65. The average Bonchev–Trinajstić information content (AvgIpc) is 1.98. The standard InChI is InChI=1S/C8H15NO3/c1-6(2)12-9-5-4-7(9)8(10)11-3/h6-7H,4-5H2,1-3H3. The number of rotatable bonds is 3. The Labute approximate surface area is 72.4 Å². The lowest BCUT2D eigenvalue weighted by atomic mass is 10.1. The van der Waals surface area contributed by atoms with Gasteiger partial charge in [-0.25, -0.2) is 0 Å². The van der Waals surface area contributed by atoms with Crippen LogP contribution in [0.3, 0.4) is 0 Å². The zero-order valence-corrected chi connectivity index (χ0v) is 7.74. The van der Waals surface area contributed by atoms with Crippen molar-refractivity contribution in [3.8, 4) is 0 Å². The van der Waals surface area contributed by atoms with Crippen LogP contribution in [0.1, 0.15) is 20.3 Å². The zero-order valence-electron chi connectivity index (χ0n) is 7.74. The predicted octanol–water partition coefficient (Wildman–Crippen LogP) is 0.574. The van der Waals surface area contributed by atoms with E-state index >= 15 is 0 Å². The van der Waals surface area contributed by atoms with Crippen molar-refractivity contribution in [2.75, 3.05) is 13.7 Å². The highest BCUT2D eigenvalue weighted by molar-refractivity contribution is 5.76. The average molecular weight is 173 g/mol. The van der Waals surface area contributed by atoms with Gasteiger partial charge in [0, 0.05) is 6.54 Å². The Morgan fingerprint density at radius 2 is 2.25 bits per heavy atom. The Morgan fingerprint density at radius 1 is 1.58 bits per heavy atom. The summed E-state index contributed by atoms with van der Waals surface area (Å²) in [6, 6.07) is -0.183. The fourth-order valence-electron chi connectivity index (χ4n) is 1.13. The predicted molar refractivity (Wildman–Crippen MR) is 43.3 cm³/mol. The van der Waals surface area contributed by atoms with Crippen LogP contribution < -0.4 is 0 Å². The number of methoxy groups -OCH3 is 1. The molecule has 0 N–H and O–H groups in total. The third-order valence-corrected chi connectivity index (χ3v) is 1.79. The quantitative estimate of drug-likeness (QED) is 0.585. The van der Waals surface area contributed by atoms with Crippen molar-refractivity contribution in [1.82, 2.24) is 5.06 Å². The Kier molecular flexibility index (Phi) is 3.05. The molecule has 0 aromatic carbocycles. The van der Waals surface area contributed by atoms with E-state index in [0.717, 1.165) is 13.0 Å². The van der Waals surface area contributed by atoms with Gasteiger partial charge in [-0.2, -0.15) is 5.06 Å². The molecule has 1 rings (SSSR count). The normalized spacial score (nSPS) is 23.8. The fourth-order valence-corrected chi connectivity index (χ4v) is 1.13. The highest BCUT2D eigenvalue weighted by atomic mass is 16.7. The molecule has 0 saturated carbocycles. The molecule has 0 amide bonds. The van der Waals surface area contributed by atoms with Gasteiger partial charge in [-0.05, 0) is 20.3 Å². The van der Waals surface area contributed by atoms with Crippen molar-refractivity contribution in [1.29, 1.82) is 0 Å². The van der Waals surface area contributed by atoms with Gasteiger partial charge in [0.25, 0.3) is 0 Å². The number of hydroxylamine groups is 2. The number of carbonyl (C=O) groups is 1. The number of carbonyl (C=O) groups excluding carboxylic acids is 1. The minimum atomic E-state index is -0.207. The molecule has 1 unspecified atom stereocenters. The third-order valence-electron chi connectivity index (χ3n) is 1.79. The van der Waals surface area contributed by atoms with Crippen molar-refractivity contribution in [3.05, 3.63) is 0 Å². The highest BCUT2D eigenvalue weighted by Gasteiger charge is 2.36. The molecule has 0 spiro atoms. The van der Waals surface area contributed by atoms with Crippen molar-refractivity contribution < 1.29 is 14.4 Å². The number of esters is 1. The number of ether oxygens (including phenoxy) is 1. The molecule has 0 aromatic rings. The molecule has 4 heteroatoms. The molecule has 1 aliphatic heterocycles. The first-order valence-corrected chi connectivity index (χ1v) is 4.16. The number of nitrogens with zero attached hydrogens (tertiary/aromatic N) is 1. The van der Waals surface area contributed by atoms with Gasteiger partial charge in [0.2, 0.25) is 0 Å². The lowest BCUT2D eigenvalue weighted by Gasteiger charge is -2.38. The van der Waals surface area contributed by atoms with Gasteiger partial charge in [-0.15, -0.1) is 0 Å². The van der Waals surface area contributed by atoms with Crippen LogP contribution >= 0.6 is 0 Å². The summed E-state index contributed by atoms with van der Waals surface area (Å²) >= 11 is 0. The maximum Gasteiger partial charge on any atom is 0.325 e. The molecule has 1 heterocycles.